The molecule has 0 bridgehead atoms. The fourth-order valence-electron chi connectivity index (χ4n) is 1.93. The molecule has 3 aromatic heterocycles. The summed E-state index contributed by atoms with van der Waals surface area (Å²) in [7, 11) is 1.77. The van der Waals surface area contributed by atoms with Crippen LogP contribution in [0.15, 0.2) is 28.9 Å². The highest BCUT2D eigenvalue weighted by molar-refractivity contribution is 6.29. The first-order valence-electron chi connectivity index (χ1n) is 6.76. The lowest BCUT2D eigenvalue weighted by molar-refractivity contribution is 0.327. The molecule has 3 rings (SSSR count). The smallest absolute Gasteiger partial charge is 0.233 e. The number of aryl methyl sites for hydroxylation is 1. The van der Waals surface area contributed by atoms with Gasteiger partial charge < -0.3 is 9.26 Å². The van der Waals surface area contributed by atoms with E-state index in [1.165, 1.54) is 0 Å². The molecule has 0 unspecified atom stereocenters. The summed E-state index contributed by atoms with van der Waals surface area (Å²) in [6, 6.07) is 5.38. The number of aromatic nitrogens is 5. The van der Waals surface area contributed by atoms with Crippen molar-refractivity contribution in [2.24, 2.45) is 7.05 Å². The van der Waals surface area contributed by atoms with Gasteiger partial charge in [0.15, 0.2) is 0 Å². The molecule has 22 heavy (non-hydrogen) atoms. The van der Waals surface area contributed by atoms with Crippen molar-refractivity contribution in [1.82, 2.24) is 24.9 Å². The van der Waals surface area contributed by atoms with Crippen molar-refractivity contribution in [1.29, 1.82) is 0 Å². The molecule has 0 saturated carbocycles. The van der Waals surface area contributed by atoms with Crippen LogP contribution in [0.25, 0.3) is 11.4 Å². The van der Waals surface area contributed by atoms with Gasteiger partial charge in [-0.3, -0.25) is 4.68 Å². The van der Waals surface area contributed by atoms with Gasteiger partial charge in [0, 0.05) is 24.9 Å². The fraction of sp³-hybridized carbons (Fsp3) is 0.286. The molecule has 0 atom stereocenters. The third-order valence-electron chi connectivity index (χ3n) is 2.96. The molecule has 0 spiro atoms. The Balaban J connectivity index is 1.75. The molecular formula is C14H14ClN5O2. The van der Waals surface area contributed by atoms with Crippen molar-refractivity contribution in [2.75, 3.05) is 6.61 Å². The zero-order chi connectivity index (χ0) is 15.5. The Morgan fingerprint density at radius 3 is 2.86 bits per heavy atom. The molecule has 0 aromatic carbocycles. The molecule has 0 amide bonds. The van der Waals surface area contributed by atoms with Crippen LogP contribution in [0, 0.1) is 0 Å². The third kappa shape index (κ3) is 3.09. The summed E-state index contributed by atoms with van der Waals surface area (Å²) in [5.74, 6) is 1.52. The fourth-order valence-corrected chi connectivity index (χ4v) is 2.10. The number of nitrogens with zero attached hydrogens (tertiary/aromatic N) is 5. The van der Waals surface area contributed by atoms with E-state index < -0.39 is 0 Å². The van der Waals surface area contributed by atoms with Crippen LogP contribution < -0.4 is 4.74 Å². The van der Waals surface area contributed by atoms with Crippen molar-refractivity contribution in [3.8, 4) is 17.3 Å². The van der Waals surface area contributed by atoms with E-state index in [0.717, 1.165) is 11.3 Å². The molecule has 0 radical (unpaired) electrons. The summed E-state index contributed by atoms with van der Waals surface area (Å²) in [5, 5.41) is 8.76. The highest BCUT2D eigenvalue weighted by Gasteiger charge is 2.12. The van der Waals surface area contributed by atoms with Gasteiger partial charge in [-0.1, -0.05) is 16.8 Å². The predicted octanol–water partition coefficient (Wildman–Crippen LogP) is 2.51. The lowest BCUT2D eigenvalue weighted by Gasteiger charge is -2.00. The molecule has 0 saturated heterocycles. The van der Waals surface area contributed by atoms with E-state index in [9.17, 15) is 0 Å². The quantitative estimate of drug-likeness (QED) is 0.719. The van der Waals surface area contributed by atoms with E-state index in [-0.39, 0.29) is 0 Å². The van der Waals surface area contributed by atoms with Crippen molar-refractivity contribution >= 4 is 11.6 Å². The van der Waals surface area contributed by atoms with E-state index in [1.54, 1.807) is 30.1 Å². The standard InChI is InChI=1S/C14H14ClN5O2/c1-3-21-12-5-4-9(8-16-12)14-17-13(22-19-14)7-10-6-11(15)20(2)18-10/h4-6,8H,3,7H2,1-2H3. The first-order chi connectivity index (χ1) is 10.7. The molecule has 3 heterocycles. The van der Waals surface area contributed by atoms with Crippen LogP contribution in [0.4, 0.5) is 0 Å². The second-order valence-electron chi connectivity index (χ2n) is 4.59. The van der Waals surface area contributed by atoms with Crippen LogP contribution in [0.2, 0.25) is 5.15 Å². The first-order valence-corrected chi connectivity index (χ1v) is 7.13. The van der Waals surface area contributed by atoms with Crippen molar-refractivity contribution in [2.45, 2.75) is 13.3 Å². The Kier molecular flexibility index (Phi) is 4.06. The number of halogens is 1. The van der Waals surface area contributed by atoms with Crippen LogP contribution >= 0.6 is 11.6 Å². The minimum atomic E-state index is 0.429. The van der Waals surface area contributed by atoms with Gasteiger partial charge in [0.1, 0.15) is 5.15 Å². The highest BCUT2D eigenvalue weighted by atomic mass is 35.5. The number of hydrogen-bond acceptors (Lipinski definition) is 6. The molecular weight excluding hydrogens is 306 g/mol. The molecule has 0 aliphatic rings. The normalized spacial score (nSPS) is 10.9. The predicted molar refractivity (Wildman–Crippen MR) is 79.7 cm³/mol. The largest absolute Gasteiger partial charge is 0.478 e. The molecule has 7 nitrogen and oxygen atoms in total. The van der Waals surface area contributed by atoms with Gasteiger partial charge in [0.25, 0.3) is 0 Å². The summed E-state index contributed by atoms with van der Waals surface area (Å²) in [4.78, 5) is 8.52. The average molecular weight is 320 g/mol. The van der Waals surface area contributed by atoms with Crippen LogP contribution in [0.1, 0.15) is 18.5 Å². The topological polar surface area (TPSA) is 78.9 Å². The SMILES string of the molecule is CCOc1ccc(-c2noc(Cc3cc(Cl)n(C)n3)n2)cn1. The van der Waals surface area contributed by atoms with Crippen LogP contribution in [0.5, 0.6) is 5.88 Å². The summed E-state index contributed by atoms with van der Waals surface area (Å²) < 4.78 is 12.1. The second kappa shape index (κ2) is 6.15. The molecule has 114 valence electrons. The Hall–Kier alpha value is -2.41. The Labute approximate surface area is 131 Å². The van der Waals surface area contributed by atoms with E-state index in [0.29, 0.717) is 35.8 Å². The van der Waals surface area contributed by atoms with Crippen molar-refractivity contribution in [3.63, 3.8) is 0 Å². The number of rotatable bonds is 5. The first kappa shape index (κ1) is 14.5. The number of pyridine rings is 1. The van der Waals surface area contributed by atoms with E-state index in [1.807, 2.05) is 13.0 Å². The number of ether oxygens (including phenoxy) is 1. The highest BCUT2D eigenvalue weighted by Crippen LogP contribution is 2.19. The van der Waals surface area contributed by atoms with Crippen molar-refractivity contribution in [3.05, 3.63) is 41.1 Å². The summed E-state index contributed by atoms with van der Waals surface area (Å²) in [6.07, 6.45) is 2.08. The van der Waals surface area contributed by atoms with Crippen LogP contribution in [-0.4, -0.2) is 31.5 Å². The molecule has 8 heteroatoms. The maximum absolute atomic E-state index is 5.95. The molecule has 3 aromatic rings. The summed E-state index contributed by atoms with van der Waals surface area (Å²) >= 11 is 5.95. The summed E-state index contributed by atoms with van der Waals surface area (Å²) in [5.41, 5.74) is 1.53. The minimum Gasteiger partial charge on any atom is -0.478 e. The number of hydrogen-bond donors (Lipinski definition) is 0. The van der Waals surface area contributed by atoms with Gasteiger partial charge in [-0.15, -0.1) is 0 Å². The van der Waals surface area contributed by atoms with Gasteiger partial charge in [-0.05, 0) is 19.1 Å². The molecule has 0 aliphatic carbocycles. The molecule has 0 fully saturated rings. The maximum Gasteiger partial charge on any atom is 0.233 e. The lowest BCUT2D eigenvalue weighted by Crippen LogP contribution is -1.94. The van der Waals surface area contributed by atoms with Gasteiger partial charge in [-0.2, -0.15) is 10.1 Å². The summed E-state index contributed by atoms with van der Waals surface area (Å²) in [6.45, 7) is 2.48. The Bertz CT molecular complexity index is 746. The van der Waals surface area contributed by atoms with Gasteiger partial charge in [0.05, 0.1) is 18.7 Å². The average Bonchev–Trinajstić information content (AvgIpc) is 3.08. The Morgan fingerprint density at radius 2 is 2.23 bits per heavy atom. The molecule has 0 aliphatic heterocycles. The maximum atomic E-state index is 5.95. The van der Waals surface area contributed by atoms with Crippen molar-refractivity contribution < 1.29 is 9.26 Å². The lowest BCUT2D eigenvalue weighted by atomic mass is 10.2. The third-order valence-corrected chi connectivity index (χ3v) is 3.31. The second-order valence-corrected chi connectivity index (χ2v) is 4.98. The van der Waals surface area contributed by atoms with E-state index in [4.69, 9.17) is 20.9 Å². The minimum absolute atomic E-state index is 0.429. The van der Waals surface area contributed by atoms with E-state index >= 15 is 0 Å². The monoisotopic (exact) mass is 319 g/mol. The van der Waals surface area contributed by atoms with Crippen LogP contribution in [0.3, 0.4) is 0 Å². The van der Waals surface area contributed by atoms with Gasteiger partial charge in [-0.25, -0.2) is 4.98 Å². The van der Waals surface area contributed by atoms with Gasteiger partial charge in [0.2, 0.25) is 17.6 Å². The van der Waals surface area contributed by atoms with Crippen LogP contribution in [-0.2, 0) is 13.5 Å². The zero-order valence-corrected chi connectivity index (χ0v) is 12.9. The molecule has 0 N–H and O–H groups in total. The van der Waals surface area contributed by atoms with E-state index in [2.05, 4.69) is 20.2 Å². The Morgan fingerprint density at radius 1 is 1.36 bits per heavy atom. The zero-order valence-electron chi connectivity index (χ0n) is 12.2. The van der Waals surface area contributed by atoms with Gasteiger partial charge >= 0.3 is 0 Å².